The van der Waals surface area contributed by atoms with Crippen molar-refractivity contribution in [2.24, 2.45) is 11.8 Å². The zero-order valence-electron chi connectivity index (χ0n) is 14.7. The molecule has 146 valence electrons. The highest BCUT2D eigenvalue weighted by Crippen LogP contribution is 2.40. The minimum absolute atomic E-state index is 0. The summed E-state index contributed by atoms with van der Waals surface area (Å²) in [5, 5.41) is 18.4. The minimum Gasteiger partial charge on any atom is -0.390 e. The van der Waals surface area contributed by atoms with E-state index in [-0.39, 0.29) is 37.2 Å². The Balaban J connectivity index is 0.00000176. The summed E-state index contributed by atoms with van der Waals surface area (Å²) in [5.41, 5.74) is -0.396. The maximum absolute atomic E-state index is 11.3. The summed E-state index contributed by atoms with van der Waals surface area (Å²) in [7, 11) is 0. The predicted octanol–water partition coefficient (Wildman–Crippen LogP) is 2.47. The maximum Gasteiger partial charge on any atom is 0.0691 e. The molecule has 2 aliphatic heterocycles. The Kier molecular flexibility index (Phi) is 12.5. The topological polar surface area (TPSA) is 47.5 Å². The Morgan fingerprint density at radius 2 is 1.58 bits per heavy atom. The van der Waals surface area contributed by atoms with Crippen LogP contribution in [0.15, 0.2) is 0 Å². The van der Waals surface area contributed by atoms with Crippen LogP contribution in [0.25, 0.3) is 0 Å². The van der Waals surface area contributed by atoms with Crippen LogP contribution < -0.4 is 10.6 Å². The van der Waals surface area contributed by atoms with Crippen molar-refractivity contribution in [3.05, 3.63) is 0 Å². The molecule has 24 heavy (non-hydrogen) atoms. The molecule has 0 spiro atoms. The SMILES string of the molecule is Cl.Cl.Cl.OC1(C(CN2CCNCC2)C2CCCNC2)CCCCC1. The fraction of sp³-hybridized carbons (Fsp3) is 1.00. The highest BCUT2D eigenvalue weighted by Gasteiger charge is 2.42. The van der Waals surface area contributed by atoms with Crippen LogP contribution in [0.2, 0.25) is 0 Å². The van der Waals surface area contributed by atoms with Crippen molar-refractivity contribution in [2.75, 3.05) is 45.8 Å². The van der Waals surface area contributed by atoms with E-state index in [4.69, 9.17) is 0 Å². The molecular weight excluding hydrogens is 369 g/mol. The summed E-state index contributed by atoms with van der Waals surface area (Å²) in [5.74, 6) is 1.13. The molecule has 1 saturated carbocycles. The lowest BCUT2D eigenvalue weighted by Crippen LogP contribution is -2.54. The number of hydrogen-bond donors (Lipinski definition) is 3. The van der Waals surface area contributed by atoms with Gasteiger partial charge in [0, 0.05) is 38.6 Å². The predicted molar refractivity (Wildman–Crippen MR) is 108 cm³/mol. The molecule has 2 unspecified atom stereocenters. The van der Waals surface area contributed by atoms with Gasteiger partial charge in [-0.05, 0) is 44.7 Å². The van der Waals surface area contributed by atoms with Crippen LogP contribution in [-0.2, 0) is 0 Å². The van der Waals surface area contributed by atoms with Crippen molar-refractivity contribution in [3.63, 3.8) is 0 Å². The van der Waals surface area contributed by atoms with Gasteiger partial charge in [-0.3, -0.25) is 0 Å². The molecule has 7 heteroatoms. The van der Waals surface area contributed by atoms with Crippen LogP contribution in [0.3, 0.4) is 0 Å². The van der Waals surface area contributed by atoms with E-state index in [0.29, 0.717) is 11.8 Å². The van der Waals surface area contributed by atoms with Gasteiger partial charge in [0.2, 0.25) is 0 Å². The van der Waals surface area contributed by atoms with E-state index in [9.17, 15) is 5.11 Å². The third-order valence-electron chi connectivity index (χ3n) is 5.98. The summed E-state index contributed by atoms with van der Waals surface area (Å²) in [6.45, 7) is 7.88. The van der Waals surface area contributed by atoms with Crippen LogP contribution >= 0.6 is 37.2 Å². The van der Waals surface area contributed by atoms with Gasteiger partial charge in [0.15, 0.2) is 0 Å². The lowest BCUT2D eigenvalue weighted by molar-refractivity contribution is -0.0844. The Morgan fingerprint density at radius 1 is 0.917 bits per heavy atom. The van der Waals surface area contributed by atoms with Gasteiger partial charge in [-0.1, -0.05) is 19.3 Å². The quantitative estimate of drug-likeness (QED) is 0.673. The van der Waals surface area contributed by atoms with Crippen molar-refractivity contribution in [1.29, 1.82) is 0 Å². The molecule has 3 aliphatic rings. The summed E-state index contributed by atoms with van der Waals surface area (Å²) < 4.78 is 0. The maximum atomic E-state index is 11.3. The van der Waals surface area contributed by atoms with E-state index >= 15 is 0 Å². The normalized spacial score (nSPS) is 28.6. The standard InChI is InChI=1S/C17H33N3O.3ClH/c21-17(6-2-1-3-7-17)16(15-5-4-8-19-13-15)14-20-11-9-18-10-12-20;;;/h15-16,18-19,21H,1-14H2;3*1H. The molecule has 0 aromatic carbocycles. The number of piperidine rings is 1. The molecule has 3 rings (SSSR count). The second kappa shape index (κ2) is 12.2. The molecule has 2 atom stereocenters. The molecule has 3 N–H and O–H groups in total. The first kappa shape index (κ1) is 24.7. The van der Waals surface area contributed by atoms with Crippen LogP contribution in [0.1, 0.15) is 44.9 Å². The second-order valence-corrected chi connectivity index (χ2v) is 7.43. The minimum atomic E-state index is -0.396. The smallest absolute Gasteiger partial charge is 0.0691 e. The van der Waals surface area contributed by atoms with E-state index in [1.807, 2.05) is 0 Å². The van der Waals surface area contributed by atoms with Gasteiger partial charge < -0.3 is 20.6 Å². The van der Waals surface area contributed by atoms with E-state index in [1.165, 1.54) is 32.1 Å². The van der Waals surface area contributed by atoms with Crippen LogP contribution in [0.4, 0.5) is 0 Å². The molecule has 4 nitrogen and oxygen atoms in total. The van der Waals surface area contributed by atoms with E-state index in [2.05, 4.69) is 15.5 Å². The summed E-state index contributed by atoms with van der Waals surface area (Å²) in [6, 6.07) is 0. The molecule has 3 fully saturated rings. The number of nitrogens with one attached hydrogen (secondary N) is 2. The van der Waals surface area contributed by atoms with Crippen molar-refractivity contribution in [3.8, 4) is 0 Å². The molecule has 0 aromatic rings. The number of rotatable bonds is 4. The molecule has 0 aromatic heterocycles. The average Bonchev–Trinajstić information content (AvgIpc) is 2.55. The lowest BCUT2D eigenvalue weighted by Gasteiger charge is -2.46. The zero-order valence-corrected chi connectivity index (χ0v) is 17.1. The monoisotopic (exact) mass is 403 g/mol. The first-order chi connectivity index (χ1) is 10.3. The number of nitrogens with zero attached hydrogens (tertiary/aromatic N) is 1. The van der Waals surface area contributed by atoms with Gasteiger partial charge in [-0.15, -0.1) is 37.2 Å². The van der Waals surface area contributed by atoms with Gasteiger partial charge in [0.25, 0.3) is 0 Å². The van der Waals surface area contributed by atoms with Gasteiger partial charge in [-0.25, -0.2) is 0 Å². The largest absolute Gasteiger partial charge is 0.390 e. The Bertz CT molecular complexity index is 318. The van der Waals surface area contributed by atoms with Crippen molar-refractivity contribution in [2.45, 2.75) is 50.5 Å². The Labute approximate surface area is 166 Å². The Morgan fingerprint density at radius 3 is 2.17 bits per heavy atom. The third kappa shape index (κ3) is 6.46. The summed E-state index contributed by atoms with van der Waals surface area (Å²) in [4.78, 5) is 2.59. The first-order valence-electron chi connectivity index (χ1n) is 9.14. The Hall–Kier alpha value is 0.710. The van der Waals surface area contributed by atoms with Crippen LogP contribution in [-0.4, -0.2) is 61.4 Å². The van der Waals surface area contributed by atoms with Gasteiger partial charge >= 0.3 is 0 Å². The second-order valence-electron chi connectivity index (χ2n) is 7.43. The van der Waals surface area contributed by atoms with Gasteiger partial charge in [0.05, 0.1) is 5.60 Å². The fourth-order valence-electron chi connectivity index (χ4n) is 4.69. The van der Waals surface area contributed by atoms with E-state index in [1.54, 1.807) is 0 Å². The molecule has 2 saturated heterocycles. The summed E-state index contributed by atoms with van der Waals surface area (Å²) in [6.07, 6.45) is 8.38. The van der Waals surface area contributed by atoms with Crippen molar-refractivity contribution in [1.82, 2.24) is 15.5 Å². The molecule has 2 heterocycles. The highest BCUT2D eigenvalue weighted by molar-refractivity contribution is 5.86. The fourth-order valence-corrected chi connectivity index (χ4v) is 4.69. The number of halogens is 3. The zero-order chi connectivity index (χ0) is 14.5. The van der Waals surface area contributed by atoms with E-state index < -0.39 is 5.60 Å². The van der Waals surface area contributed by atoms with Gasteiger partial charge in [0.1, 0.15) is 0 Å². The molecule has 0 bridgehead atoms. The van der Waals surface area contributed by atoms with Crippen LogP contribution in [0.5, 0.6) is 0 Å². The lowest BCUT2D eigenvalue weighted by atomic mass is 9.68. The van der Waals surface area contributed by atoms with Gasteiger partial charge in [-0.2, -0.15) is 0 Å². The average molecular weight is 405 g/mol. The number of piperazine rings is 1. The molecular formula is C17H36Cl3N3O. The summed E-state index contributed by atoms with van der Waals surface area (Å²) >= 11 is 0. The van der Waals surface area contributed by atoms with E-state index in [0.717, 1.165) is 58.7 Å². The van der Waals surface area contributed by atoms with Crippen molar-refractivity contribution >= 4 is 37.2 Å². The molecule has 1 aliphatic carbocycles. The third-order valence-corrected chi connectivity index (χ3v) is 5.98. The first-order valence-corrected chi connectivity index (χ1v) is 9.14. The highest BCUT2D eigenvalue weighted by atomic mass is 35.5. The van der Waals surface area contributed by atoms with Crippen molar-refractivity contribution < 1.29 is 5.11 Å². The number of hydrogen-bond acceptors (Lipinski definition) is 4. The number of aliphatic hydroxyl groups is 1. The molecule has 0 amide bonds. The molecule has 0 radical (unpaired) electrons. The van der Waals surface area contributed by atoms with Crippen LogP contribution in [0, 0.1) is 11.8 Å².